The van der Waals surface area contributed by atoms with Crippen LogP contribution < -0.4 is 11.2 Å². The Morgan fingerprint density at radius 1 is 1.63 bits per heavy atom. The highest BCUT2D eigenvalue weighted by Gasteiger charge is 2.65. The molecule has 4 aliphatic carbocycles. The number of hydrogen-bond donors (Lipinski definition) is 2. The van der Waals surface area contributed by atoms with E-state index >= 15 is 0 Å². The van der Waals surface area contributed by atoms with Crippen LogP contribution in [-0.4, -0.2) is 25.4 Å². The zero-order chi connectivity index (χ0) is 13.7. The standard InChI is InChI=1S/C13H18N4O2/c1-15-13(14,19-11(18)17-16-2)12-6-8-3-9(7-12)5-10(12)4-8/h3,8,10H,1-2,4-7,14H2,(H,17,18). The highest BCUT2D eigenvalue weighted by atomic mass is 16.6. The molecule has 1 amide bonds. The lowest BCUT2D eigenvalue weighted by Gasteiger charge is -2.42. The van der Waals surface area contributed by atoms with Crippen molar-refractivity contribution in [3.63, 3.8) is 0 Å². The summed E-state index contributed by atoms with van der Waals surface area (Å²) < 4.78 is 5.32. The predicted molar refractivity (Wildman–Crippen MR) is 71.6 cm³/mol. The molecule has 4 bridgehead atoms. The third-order valence-electron chi connectivity index (χ3n) is 4.88. The van der Waals surface area contributed by atoms with Crippen LogP contribution in [0.4, 0.5) is 4.79 Å². The number of rotatable bonds is 4. The molecule has 19 heavy (non-hydrogen) atoms. The number of hydrazone groups is 1. The molecule has 3 N–H and O–H groups in total. The van der Waals surface area contributed by atoms with Gasteiger partial charge in [0, 0.05) is 6.72 Å². The molecule has 0 aromatic heterocycles. The number of amides is 1. The zero-order valence-electron chi connectivity index (χ0n) is 10.8. The zero-order valence-corrected chi connectivity index (χ0v) is 10.8. The Hall–Kier alpha value is -1.69. The van der Waals surface area contributed by atoms with Crippen molar-refractivity contribution < 1.29 is 9.53 Å². The van der Waals surface area contributed by atoms with Crippen LogP contribution in [0.15, 0.2) is 21.7 Å². The molecule has 0 spiro atoms. The smallest absolute Gasteiger partial charge is 0.405 e. The van der Waals surface area contributed by atoms with Gasteiger partial charge in [0.25, 0.3) is 5.85 Å². The van der Waals surface area contributed by atoms with E-state index in [1.807, 2.05) is 0 Å². The maximum atomic E-state index is 11.6. The molecule has 4 atom stereocenters. The molecular formula is C13H18N4O2. The van der Waals surface area contributed by atoms with Gasteiger partial charge in [-0.25, -0.2) is 15.2 Å². The molecule has 0 aromatic rings. The van der Waals surface area contributed by atoms with E-state index in [-0.39, 0.29) is 5.41 Å². The second-order valence-corrected chi connectivity index (χ2v) is 5.77. The molecule has 4 aliphatic rings. The van der Waals surface area contributed by atoms with E-state index in [2.05, 4.69) is 35.0 Å². The van der Waals surface area contributed by atoms with Crippen molar-refractivity contribution >= 4 is 19.5 Å². The second-order valence-electron chi connectivity index (χ2n) is 5.77. The Morgan fingerprint density at radius 3 is 3.05 bits per heavy atom. The Labute approximate surface area is 111 Å². The van der Waals surface area contributed by atoms with Gasteiger partial charge in [0.15, 0.2) is 0 Å². The average molecular weight is 262 g/mol. The largest absolute Gasteiger partial charge is 0.430 e. The van der Waals surface area contributed by atoms with Gasteiger partial charge in [-0.05, 0) is 44.2 Å². The van der Waals surface area contributed by atoms with Gasteiger partial charge in [-0.15, -0.1) is 0 Å². The Balaban J connectivity index is 1.90. The van der Waals surface area contributed by atoms with Crippen molar-refractivity contribution in [1.29, 1.82) is 0 Å². The molecule has 0 heterocycles. The predicted octanol–water partition coefficient (Wildman–Crippen LogP) is 1.39. The maximum Gasteiger partial charge on any atom is 0.430 e. The summed E-state index contributed by atoms with van der Waals surface area (Å²) in [5, 5.41) is 3.28. The summed E-state index contributed by atoms with van der Waals surface area (Å²) in [5.74, 6) is -0.425. The van der Waals surface area contributed by atoms with Gasteiger partial charge >= 0.3 is 6.09 Å². The summed E-state index contributed by atoms with van der Waals surface area (Å²) in [5.41, 5.74) is 9.53. The first-order valence-corrected chi connectivity index (χ1v) is 6.44. The number of ether oxygens (including phenoxy) is 1. The third kappa shape index (κ3) is 1.56. The quantitative estimate of drug-likeness (QED) is 0.347. The van der Waals surface area contributed by atoms with E-state index in [1.54, 1.807) is 0 Å². The topological polar surface area (TPSA) is 89.1 Å². The lowest BCUT2D eigenvalue weighted by molar-refractivity contribution is -0.0916. The van der Waals surface area contributed by atoms with Crippen LogP contribution in [0.1, 0.15) is 25.7 Å². The highest BCUT2D eigenvalue weighted by molar-refractivity contribution is 5.68. The van der Waals surface area contributed by atoms with Crippen molar-refractivity contribution in [1.82, 2.24) is 5.43 Å². The van der Waals surface area contributed by atoms with Crippen molar-refractivity contribution in [2.45, 2.75) is 31.5 Å². The molecule has 4 unspecified atom stereocenters. The number of aliphatic imine (C=N–C) groups is 1. The SMILES string of the molecule is C=NNC(=O)OC(N)(N=C)C12CC3=CC(CC1C3)C2. The molecule has 0 aromatic carbocycles. The first kappa shape index (κ1) is 12.3. The monoisotopic (exact) mass is 262 g/mol. The van der Waals surface area contributed by atoms with E-state index < -0.39 is 11.9 Å². The summed E-state index contributed by atoms with van der Waals surface area (Å²) >= 11 is 0. The Morgan fingerprint density at radius 2 is 2.42 bits per heavy atom. The number of carbonyl (C=O) groups is 1. The van der Waals surface area contributed by atoms with Gasteiger partial charge in [0.05, 0.1) is 5.41 Å². The maximum absolute atomic E-state index is 11.6. The third-order valence-corrected chi connectivity index (χ3v) is 4.88. The summed E-state index contributed by atoms with van der Waals surface area (Å²) in [4.78, 5) is 15.6. The fraction of sp³-hybridized carbons (Fsp3) is 0.615. The molecule has 2 saturated carbocycles. The van der Waals surface area contributed by atoms with Crippen molar-refractivity contribution in [3.8, 4) is 0 Å². The van der Waals surface area contributed by atoms with Crippen LogP contribution in [0.5, 0.6) is 0 Å². The van der Waals surface area contributed by atoms with Crippen LogP contribution in [0, 0.1) is 17.3 Å². The minimum atomic E-state index is -1.39. The van der Waals surface area contributed by atoms with Gasteiger partial charge in [0.2, 0.25) is 0 Å². The number of nitrogens with zero attached hydrogens (tertiary/aromatic N) is 2. The summed E-state index contributed by atoms with van der Waals surface area (Å²) in [6.07, 6.45) is 5.50. The number of nitrogens with two attached hydrogens (primary N) is 1. The molecule has 6 nitrogen and oxygen atoms in total. The van der Waals surface area contributed by atoms with Crippen LogP contribution >= 0.6 is 0 Å². The molecule has 0 radical (unpaired) electrons. The van der Waals surface area contributed by atoms with Gasteiger partial charge in [-0.2, -0.15) is 5.10 Å². The lowest BCUT2D eigenvalue weighted by atomic mass is 9.74. The van der Waals surface area contributed by atoms with Crippen molar-refractivity contribution in [2.24, 2.45) is 33.1 Å². The van der Waals surface area contributed by atoms with Gasteiger partial charge in [0.1, 0.15) is 0 Å². The minimum Gasteiger partial charge on any atom is -0.405 e. The van der Waals surface area contributed by atoms with E-state index in [1.165, 1.54) is 5.57 Å². The van der Waals surface area contributed by atoms with E-state index in [0.717, 1.165) is 25.7 Å². The van der Waals surface area contributed by atoms with Gasteiger partial charge < -0.3 is 4.74 Å². The Kier molecular flexibility index (Phi) is 2.53. The number of nitrogens with one attached hydrogen (secondary N) is 1. The fourth-order valence-corrected chi connectivity index (χ4v) is 4.27. The number of allylic oxidation sites excluding steroid dienone is 2. The normalized spacial score (nSPS) is 37.4. The Bertz CT molecular complexity index is 489. The van der Waals surface area contributed by atoms with E-state index in [0.29, 0.717) is 11.8 Å². The van der Waals surface area contributed by atoms with Crippen LogP contribution in [0.2, 0.25) is 0 Å². The molecule has 2 fully saturated rings. The first-order valence-electron chi connectivity index (χ1n) is 6.44. The number of carbonyl (C=O) groups excluding carboxylic acids is 1. The summed E-state index contributed by atoms with van der Waals surface area (Å²) in [6, 6.07) is 0. The molecule has 4 rings (SSSR count). The molecule has 102 valence electrons. The molecular weight excluding hydrogens is 244 g/mol. The molecule has 6 heteroatoms. The minimum absolute atomic E-state index is 0.304. The molecule has 0 aliphatic heterocycles. The van der Waals surface area contributed by atoms with Gasteiger partial charge in [-0.3, -0.25) is 5.73 Å². The van der Waals surface area contributed by atoms with Crippen LogP contribution in [0.25, 0.3) is 0 Å². The average Bonchev–Trinajstić information content (AvgIpc) is 2.76. The van der Waals surface area contributed by atoms with E-state index in [4.69, 9.17) is 10.5 Å². The summed E-state index contributed by atoms with van der Waals surface area (Å²) in [6.45, 7) is 6.72. The van der Waals surface area contributed by atoms with Crippen molar-refractivity contribution in [2.75, 3.05) is 0 Å². The van der Waals surface area contributed by atoms with Crippen LogP contribution in [-0.2, 0) is 4.74 Å². The first-order chi connectivity index (χ1) is 9.03. The highest BCUT2D eigenvalue weighted by Crippen LogP contribution is 2.66. The van der Waals surface area contributed by atoms with Crippen LogP contribution in [0.3, 0.4) is 0 Å². The molecule has 0 saturated heterocycles. The van der Waals surface area contributed by atoms with Gasteiger partial charge in [-0.1, -0.05) is 11.6 Å². The number of hydrogen-bond acceptors (Lipinski definition) is 5. The summed E-state index contributed by atoms with van der Waals surface area (Å²) in [7, 11) is 0. The fourth-order valence-electron chi connectivity index (χ4n) is 4.27. The second kappa shape index (κ2) is 3.90. The lowest BCUT2D eigenvalue weighted by Crippen LogP contribution is -2.58. The van der Waals surface area contributed by atoms with E-state index in [9.17, 15) is 4.79 Å². The van der Waals surface area contributed by atoms with Crippen molar-refractivity contribution in [3.05, 3.63) is 11.6 Å².